The van der Waals surface area contributed by atoms with Crippen molar-refractivity contribution in [1.29, 1.82) is 0 Å². The van der Waals surface area contributed by atoms with E-state index in [0.29, 0.717) is 6.42 Å². The van der Waals surface area contributed by atoms with Gasteiger partial charge in [0.25, 0.3) is 5.69 Å². The van der Waals surface area contributed by atoms with Crippen molar-refractivity contribution < 1.29 is 14.5 Å². The lowest BCUT2D eigenvalue weighted by atomic mass is 10.1. The van der Waals surface area contributed by atoms with E-state index in [1.54, 1.807) is 0 Å². The second kappa shape index (κ2) is 10.7. The molecule has 9 heteroatoms. The van der Waals surface area contributed by atoms with Crippen LogP contribution >= 0.6 is 34.8 Å². The molecule has 0 aliphatic heterocycles. The van der Waals surface area contributed by atoms with E-state index in [-0.39, 0.29) is 17.3 Å². The predicted molar refractivity (Wildman–Crippen MR) is 99.3 cm³/mol. The van der Waals surface area contributed by atoms with E-state index in [2.05, 4.69) is 12.2 Å². The molecule has 0 spiro atoms. The van der Waals surface area contributed by atoms with Crippen LogP contribution in [-0.4, -0.2) is 20.9 Å². The summed E-state index contributed by atoms with van der Waals surface area (Å²) < 4.78 is 3.59. The summed E-state index contributed by atoms with van der Waals surface area (Å²) in [5.74, 6) is -0.0418. The van der Waals surface area contributed by atoms with Crippen LogP contribution in [0.1, 0.15) is 45.4 Å². The van der Waals surface area contributed by atoms with Crippen LogP contribution in [-0.2, 0) is 4.79 Å². The Morgan fingerprint density at radius 2 is 1.80 bits per heavy atom. The van der Waals surface area contributed by atoms with Gasteiger partial charge in [0, 0.05) is 18.6 Å². The lowest BCUT2D eigenvalue weighted by Gasteiger charge is -2.26. The molecule has 1 rings (SSSR count). The van der Waals surface area contributed by atoms with Crippen LogP contribution in [0.25, 0.3) is 0 Å². The molecular weight excluding hydrogens is 391 g/mol. The molecular formula is C16H21Cl3N2O4. The predicted octanol–water partition coefficient (Wildman–Crippen LogP) is 5.15. The molecule has 1 amide bonds. The molecule has 1 N–H and O–H groups in total. The highest BCUT2D eigenvalue weighted by molar-refractivity contribution is 6.68. The minimum Gasteiger partial charge on any atom is -0.466 e. The molecule has 6 nitrogen and oxygen atoms in total. The van der Waals surface area contributed by atoms with Crippen LogP contribution in [0, 0.1) is 10.1 Å². The Kier molecular flexibility index (Phi) is 9.32. The number of hydrogen-bond donors (Lipinski definition) is 1. The number of unbranched alkanes of at least 4 members (excludes halogenated alkanes) is 4. The maximum absolute atomic E-state index is 12.0. The zero-order valence-electron chi connectivity index (χ0n) is 13.8. The van der Waals surface area contributed by atoms with Gasteiger partial charge in [-0.2, -0.15) is 0 Å². The number of ether oxygens (including phenoxy) is 1. The zero-order chi connectivity index (χ0) is 18.9. The number of alkyl halides is 3. The zero-order valence-corrected chi connectivity index (χ0v) is 16.1. The van der Waals surface area contributed by atoms with Gasteiger partial charge in [0.05, 0.1) is 4.92 Å². The van der Waals surface area contributed by atoms with Crippen molar-refractivity contribution in [2.24, 2.45) is 0 Å². The number of nitro groups is 1. The maximum atomic E-state index is 12.0. The Morgan fingerprint density at radius 3 is 2.32 bits per heavy atom. The number of nitrogens with zero attached hydrogens (tertiary/aromatic N) is 1. The van der Waals surface area contributed by atoms with Gasteiger partial charge in [-0.25, -0.2) is 0 Å². The van der Waals surface area contributed by atoms with Gasteiger partial charge in [0.1, 0.15) is 5.75 Å². The summed E-state index contributed by atoms with van der Waals surface area (Å²) in [6.07, 6.45) is 4.16. The average molecular weight is 412 g/mol. The van der Waals surface area contributed by atoms with Crippen molar-refractivity contribution >= 4 is 46.4 Å². The molecule has 0 saturated heterocycles. The van der Waals surface area contributed by atoms with Gasteiger partial charge in [-0.1, -0.05) is 67.4 Å². The first-order chi connectivity index (χ1) is 11.7. The number of non-ortho nitro benzene ring substituents is 1. The first-order valence-corrected chi connectivity index (χ1v) is 9.14. The molecule has 0 fully saturated rings. The van der Waals surface area contributed by atoms with Crippen molar-refractivity contribution in [1.82, 2.24) is 5.32 Å². The molecule has 0 aromatic heterocycles. The number of carbonyl (C=O) groups is 1. The van der Waals surface area contributed by atoms with Gasteiger partial charge < -0.3 is 10.1 Å². The molecule has 0 aliphatic carbocycles. The second-order valence-corrected chi connectivity index (χ2v) is 7.89. The summed E-state index contributed by atoms with van der Waals surface area (Å²) in [5.41, 5.74) is -0.0890. The summed E-state index contributed by atoms with van der Waals surface area (Å²) in [5, 5.41) is 13.2. The Hall–Kier alpha value is -1.24. The van der Waals surface area contributed by atoms with Crippen molar-refractivity contribution in [3.8, 4) is 5.75 Å². The third-order valence-electron chi connectivity index (χ3n) is 3.40. The smallest absolute Gasteiger partial charge is 0.269 e. The van der Waals surface area contributed by atoms with Crippen LogP contribution in [0.15, 0.2) is 24.3 Å². The molecule has 0 unspecified atom stereocenters. The van der Waals surface area contributed by atoms with E-state index in [9.17, 15) is 14.9 Å². The van der Waals surface area contributed by atoms with E-state index < -0.39 is 14.9 Å². The Bertz CT molecular complexity index is 561. The van der Waals surface area contributed by atoms with E-state index >= 15 is 0 Å². The van der Waals surface area contributed by atoms with Crippen molar-refractivity contribution in [3.05, 3.63) is 34.4 Å². The number of halogens is 3. The fourth-order valence-electron chi connectivity index (χ4n) is 2.07. The van der Waals surface area contributed by atoms with Crippen molar-refractivity contribution in [2.75, 3.05) is 0 Å². The van der Waals surface area contributed by atoms with Crippen LogP contribution in [0.2, 0.25) is 0 Å². The molecule has 0 saturated carbocycles. The first kappa shape index (κ1) is 21.8. The SMILES string of the molecule is CCCCCCCC(=O)N[C@H](Oc1ccc([N+](=O)[O-])cc1)C(Cl)(Cl)Cl. The van der Waals surface area contributed by atoms with Gasteiger partial charge in [0.2, 0.25) is 15.9 Å². The topological polar surface area (TPSA) is 81.5 Å². The van der Waals surface area contributed by atoms with E-state index in [1.165, 1.54) is 24.3 Å². The highest BCUT2D eigenvalue weighted by atomic mass is 35.6. The molecule has 1 aromatic carbocycles. The molecule has 0 radical (unpaired) electrons. The standard InChI is InChI=1S/C16H21Cl3N2O4/c1-2-3-4-5-6-7-14(22)20-15(16(17,18)19)25-13-10-8-12(9-11-13)21(23)24/h8-11,15H,2-7H2,1H3,(H,20,22)/t15-/m1/s1. The van der Waals surface area contributed by atoms with E-state index in [1.807, 2.05) is 0 Å². The van der Waals surface area contributed by atoms with Gasteiger partial charge in [-0.05, 0) is 18.6 Å². The molecule has 0 heterocycles. The molecule has 140 valence electrons. The third-order valence-corrected chi connectivity index (χ3v) is 3.99. The lowest BCUT2D eigenvalue weighted by molar-refractivity contribution is -0.384. The Morgan fingerprint density at radius 1 is 1.20 bits per heavy atom. The van der Waals surface area contributed by atoms with Crippen LogP contribution in [0.3, 0.4) is 0 Å². The van der Waals surface area contributed by atoms with Crippen LogP contribution in [0.4, 0.5) is 5.69 Å². The number of rotatable bonds is 10. The minimum atomic E-state index is -1.89. The highest BCUT2D eigenvalue weighted by Crippen LogP contribution is 2.32. The molecule has 1 atom stereocenters. The lowest BCUT2D eigenvalue weighted by Crippen LogP contribution is -2.47. The normalized spacial score (nSPS) is 12.5. The average Bonchev–Trinajstić information content (AvgIpc) is 2.53. The quantitative estimate of drug-likeness (QED) is 0.190. The Labute approximate surface area is 161 Å². The summed E-state index contributed by atoms with van der Waals surface area (Å²) >= 11 is 17.6. The number of amides is 1. The number of nitro benzene ring substituents is 1. The molecule has 0 aliphatic rings. The number of carbonyl (C=O) groups excluding carboxylic acids is 1. The summed E-state index contributed by atoms with van der Waals surface area (Å²) in [6, 6.07) is 5.28. The van der Waals surface area contributed by atoms with E-state index in [0.717, 1.165) is 32.1 Å². The largest absolute Gasteiger partial charge is 0.466 e. The van der Waals surface area contributed by atoms with Gasteiger partial charge in [-0.3, -0.25) is 14.9 Å². The van der Waals surface area contributed by atoms with Gasteiger partial charge in [0.15, 0.2) is 0 Å². The minimum absolute atomic E-state index is 0.0890. The second-order valence-electron chi connectivity index (χ2n) is 5.52. The monoisotopic (exact) mass is 410 g/mol. The highest BCUT2D eigenvalue weighted by Gasteiger charge is 2.36. The van der Waals surface area contributed by atoms with Crippen molar-refractivity contribution in [2.45, 2.75) is 55.5 Å². The van der Waals surface area contributed by atoms with Gasteiger partial charge >= 0.3 is 0 Å². The van der Waals surface area contributed by atoms with E-state index in [4.69, 9.17) is 39.5 Å². The van der Waals surface area contributed by atoms with Crippen molar-refractivity contribution in [3.63, 3.8) is 0 Å². The molecule has 0 bridgehead atoms. The fourth-order valence-corrected chi connectivity index (χ4v) is 2.37. The molecule has 1 aromatic rings. The number of benzene rings is 1. The first-order valence-electron chi connectivity index (χ1n) is 8.01. The van der Waals surface area contributed by atoms with Crippen LogP contribution < -0.4 is 10.1 Å². The molecule has 25 heavy (non-hydrogen) atoms. The number of nitrogens with one attached hydrogen (secondary N) is 1. The third kappa shape index (κ3) is 8.61. The fraction of sp³-hybridized carbons (Fsp3) is 0.562. The van der Waals surface area contributed by atoms with Crippen LogP contribution in [0.5, 0.6) is 5.75 Å². The summed E-state index contributed by atoms with van der Waals surface area (Å²) in [6.45, 7) is 2.12. The summed E-state index contributed by atoms with van der Waals surface area (Å²) in [4.78, 5) is 22.1. The van der Waals surface area contributed by atoms with Gasteiger partial charge in [-0.15, -0.1) is 0 Å². The maximum Gasteiger partial charge on any atom is 0.269 e. The Balaban J connectivity index is 2.59. The number of hydrogen-bond acceptors (Lipinski definition) is 4. The summed E-state index contributed by atoms with van der Waals surface area (Å²) in [7, 11) is 0.